The molecule has 120 valence electrons. The lowest BCUT2D eigenvalue weighted by Crippen LogP contribution is -2.43. The lowest BCUT2D eigenvalue weighted by Gasteiger charge is -2.31. The smallest absolute Gasteiger partial charge is 0.305 e. The van der Waals surface area contributed by atoms with E-state index in [2.05, 4.69) is 0 Å². The molecule has 1 aliphatic heterocycles. The lowest BCUT2D eigenvalue weighted by molar-refractivity contribution is -0.140. The van der Waals surface area contributed by atoms with Crippen LogP contribution in [0, 0.1) is 11.8 Å². The van der Waals surface area contributed by atoms with Gasteiger partial charge < -0.3 is 14.7 Å². The highest BCUT2D eigenvalue weighted by Crippen LogP contribution is 2.27. The Kier molecular flexibility index (Phi) is 5.41. The van der Waals surface area contributed by atoms with Crippen LogP contribution in [-0.2, 0) is 16.0 Å². The van der Waals surface area contributed by atoms with Crippen LogP contribution < -0.4 is 4.74 Å². The molecule has 5 heteroatoms. The summed E-state index contributed by atoms with van der Waals surface area (Å²) in [5.41, 5.74) is 1.04. The molecule has 1 N–H and O–H groups in total. The van der Waals surface area contributed by atoms with E-state index < -0.39 is 5.97 Å². The average Bonchev–Trinajstić information content (AvgIpc) is 2.49. The molecule has 0 aromatic heterocycles. The number of amides is 1. The molecular weight excluding hydrogens is 282 g/mol. The number of fused-ring (bicyclic) bond motifs is 1. The molecule has 0 radical (unpaired) electrons. The Hall–Kier alpha value is -2.04. The summed E-state index contributed by atoms with van der Waals surface area (Å²) >= 11 is 0. The number of carbonyl (C=O) groups is 2. The summed E-state index contributed by atoms with van der Waals surface area (Å²) in [7, 11) is 0. The van der Waals surface area contributed by atoms with Crippen LogP contribution in [0.2, 0.25) is 0 Å². The maximum atomic E-state index is 12.7. The van der Waals surface area contributed by atoms with Crippen molar-refractivity contribution >= 4 is 11.9 Å². The summed E-state index contributed by atoms with van der Waals surface area (Å²) in [5, 5.41) is 8.86. The van der Waals surface area contributed by atoms with E-state index in [1.807, 2.05) is 38.1 Å². The van der Waals surface area contributed by atoms with Crippen molar-refractivity contribution in [3.63, 3.8) is 0 Å². The summed E-state index contributed by atoms with van der Waals surface area (Å²) in [6.07, 6.45) is 0.624. The maximum Gasteiger partial charge on any atom is 0.305 e. The van der Waals surface area contributed by atoms with Gasteiger partial charge in [0.2, 0.25) is 5.91 Å². The van der Waals surface area contributed by atoms with Crippen LogP contribution in [0.3, 0.4) is 0 Å². The second-order valence-electron chi connectivity index (χ2n) is 6.14. The van der Waals surface area contributed by atoms with Crippen LogP contribution in [0.25, 0.3) is 0 Å². The summed E-state index contributed by atoms with van der Waals surface area (Å²) < 4.78 is 5.67. The Morgan fingerprint density at radius 3 is 2.77 bits per heavy atom. The minimum atomic E-state index is -0.883. The third kappa shape index (κ3) is 4.23. The maximum absolute atomic E-state index is 12.7. The molecule has 1 aromatic rings. The van der Waals surface area contributed by atoms with Crippen molar-refractivity contribution in [1.29, 1.82) is 0 Å². The zero-order valence-electron chi connectivity index (χ0n) is 13.1. The Morgan fingerprint density at radius 2 is 2.09 bits per heavy atom. The molecule has 2 rings (SSSR count). The number of para-hydroxylation sites is 1. The Bertz CT molecular complexity index is 541. The SMILES string of the molecule is CC(C)CN(CCC(=O)O)C(=O)C1COc2ccccc2C1. The van der Waals surface area contributed by atoms with E-state index >= 15 is 0 Å². The molecule has 22 heavy (non-hydrogen) atoms. The van der Waals surface area contributed by atoms with Gasteiger partial charge in [-0.1, -0.05) is 32.0 Å². The highest BCUT2D eigenvalue weighted by Gasteiger charge is 2.29. The average molecular weight is 305 g/mol. The van der Waals surface area contributed by atoms with Crippen molar-refractivity contribution in [3.8, 4) is 5.75 Å². The zero-order valence-corrected chi connectivity index (χ0v) is 13.1. The minimum absolute atomic E-state index is 0.00977. The van der Waals surface area contributed by atoms with Gasteiger partial charge in [0, 0.05) is 13.1 Å². The first kappa shape index (κ1) is 16.3. The van der Waals surface area contributed by atoms with E-state index in [1.165, 1.54) is 0 Å². The van der Waals surface area contributed by atoms with E-state index in [4.69, 9.17) is 9.84 Å². The molecule has 0 fully saturated rings. The lowest BCUT2D eigenvalue weighted by atomic mass is 9.95. The highest BCUT2D eigenvalue weighted by molar-refractivity contribution is 5.80. The third-order valence-electron chi connectivity index (χ3n) is 3.72. The molecule has 1 atom stereocenters. The topological polar surface area (TPSA) is 66.8 Å². The Labute approximate surface area is 130 Å². The van der Waals surface area contributed by atoms with Crippen molar-refractivity contribution in [2.24, 2.45) is 11.8 Å². The predicted octanol–water partition coefficient (Wildman–Crippen LogP) is 2.20. The molecule has 1 heterocycles. The van der Waals surface area contributed by atoms with Gasteiger partial charge in [-0.2, -0.15) is 0 Å². The zero-order chi connectivity index (χ0) is 16.1. The van der Waals surface area contributed by atoms with Crippen LogP contribution in [-0.4, -0.2) is 41.6 Å². The van der Waals surface area contributed by atoms with Crippen LogP contribution in [0.4, 0.5) is 0 Å². The summed E-state index contributed by atoms with van der Waals surface area (Å²) in [6, 6.07) is 7.73. The van der Waals surface area contributed by atoms with Gasteiger partial charge in [0.15, 0.2) is 0 Å². The Morgan fingerprint density at radius 1 is 1.36 bits per heavy atom. The number of hydrogen-bond donors (Lipinski definition) is 1. The van der Waals surface area contributed by atoms with Gasteiger partial charge in [-0.05, 0) is 24.0 Å². The second-order valence-corrected chi connectivity index (χ2v) is 6.14. The van der Waals surface area contributed by atoms with E-state index in [-0.39, 0.29) is 24.8 Å². The molecule has 5 nitrogen and oxygen atoms in total. The molecule has 0 spiro atoms. The summed E-state index contributed by atoms with van der Waals surface area (Å²) in [4.78, 5) is 25.2. The van der Waals surface area contributed by atoms with Crippen molar-refractivity contribution in [2.75, 3.05) is 19.7 Å². The largest absolute Gasteiger partial charge is 0.492 e. The summed E-state index contributed by atoms with van der Waals surface area (Å²) in [5.74, 6) is 0.0146. The molecule has 0 aliphatic carbocycles. The number of hydrogen-bond acceptors (Lipinski definition) is 3. The molecule has 0 bridgehead atoms. The molecule has 1 amide bonds. The van der Waals surface area contributed by atoms with Gasteiger partial charge in [0.25, 0.3) is 0 Å². The molecule has 1 aliphatic rings. The van der Waals surface area contributed by atoms with Gasteiger partial charge in [-0.15, -0.1) is 0 Å². The van der Waals surface area contributed by atoms with E-state index in [0.717, 1.165) is 11.3 Å². The predicted molar refractivity (Wildman–Crippen MR) is 82.8 cm³/mol. The van der Waals surface area contributed by atoms with Crippen LogP contribution >= 0.6 is 0 Å². The number of carboxylic acid groups (broad SMARTS) is 1. The third-order valence-corrected chi connectivity index (χ3v) is 3.72. The normalized spacial score (nSPS) is 16.8. The fourth-order valence-electron chi connectivity index (χ4n) is 2.71. The van der Waals surface area contributed by atoms with Crippen molar-refractivity contribution < 1.29 is 19.4 Å². The number of benzene rings is 1. The van der Waals surface area contributed by atoms with Crippen LogP contribution in [0.1, 0.15) is 25.8 Å². The van der Waals surface area contributed by atoms with Gasteiger partial charge in [0.05, 0.1) is 12.3 Å². The first-order chi connectivity index (χ1) is 10.5. The van der Waals surface area contributed by atoms with Crippen molar-refractivity contribution in [3.05, 3.63) is 29.8 Å². The number of carboxylic acids is 1. The van der Waals surface area contributed by atoms with Crippen LogP contribution in [0.5, 0.6) is 5.75 Å². The molecule has 1 unspecified atom stereocenters. The minimum Gasteiger partial charge on any atom is -0.492 e. The molecule has 0 saturated heterocycles. The molecule has 0 saturated carbocycles. The quantitative estimate of drug-likeness (QED) is 0.875. The van der Waals surface area contributed by atoms with E-state index in [9.17, 15) is 9.59 Å². The van der Waals surface area contributed by atoms with Crippen molar-refractivity contribution in [1.82, 2.24) is 4.90 Å². The second kappa shape index (κ2) is 7.29. The standard InChI is InChI=1S/C17H23NO4/c1-12(2)10-18(8-7-16(19)20)17(21)14-9-13-5-3-4-6-15(13)22-11-14/h3-6,12,14H,7-11H2,1-2H3,(H,19,20). The monoisotopic (exact) mass is 305 g/mol. The number of ether oxygens (including phenoxy) is 1. The number of aliphatic carboxylic acids is 1. The first-order valence-electron chi connectivity index (χ1n) is 7.68. The number of carbonyl (C=O) groups excluding carboxylic acids is 1. The van der Waals surface area contributed by atoms with Gasteiger partial charge in [0.1, 0.15) is 12.4 Å². The van der Waals surface area contributed by atoms with Gasteiger partial charge >= 0.3 is 5.97 Å². The van der Waals surface area contributed by atoms with E-state index in [0.29, 0.717) is 25.5 Å². The highest BCUT2D eigenvalue weighted by atomic mass is 16.5. The first-order valence-corrected chi connectivity index (χ1v) is 7.68. The Balaban J connectivity index is 2.05. The number of nitrogens with zero attached hydrogens (tertiary/aromatic N) is 1. The van der Waals surface area contributed by atoms with Crippen LogP contribution in [0.15, 0.2) is 24.3 Å². The van der Waals surface area contributed by atoms with Gasteiger partial charge in [-0.25, -0.2) is 0 Å². The number of rotatable bonds is 6. The van der Waals surface area contributed by atoms with Crippen molar-refractivity contribution in [2.45, 2.75) is 26.7 Å². The van der Waals surface area contributed by atoms with E-state index in [1.54, 1.807) is 4.90 Å². The fourth-order valence-corrected chi connectivity index (χ4v) is 2.71. The summed E-state index contributed by atoms with van der Waals surface area (Å²) in [6.45, 7) is 5.23. The molecule has 1 aromatic carbocycles. The van der Waals surface area contributed by atoms with Gasteiger partial charge in [-0.3, -0.25) is 9.59 Å². The fraction of sp³-hybridized carbons (Fsp3) is 0.529. The molecular formula is C17H23NO4.